The van der Waals surface area contributed by atoms with Crippen LogP contribution in [0.25, 0.3) is 0 Å². The zero-order valence-corrected chi connectivity index (χ0v) is 17.3. The van der Waals surface area contributed by atoms with Crippen LogP contribution in [0.15, 0.2) is 51.8 Å². The molecule has 0 radical (unpaired) electrons. The van der Waals surface area contributed by atoms with Gasteiger partial charge in [0.2, 0.25) is 0 Å². The van der Waals surface area contributed by atoms with Gasteiger partial charge >= 0.3 is 0 Å². The second-order valence-electron chi connectivity index (χ2n) is 5.93. The molecule has 142 valence electrons. The number of ether oxygens (including phenoxy) is 1. The Morgan fingerprint density at radius 3 is 2.81 bits per heavy atom. The minimum Gasteiger partial charge on any atom is -0.497 e. The highest BCUT2D eigenvalue weighted by Crippen LogP contribution is 2.29. The smallest absolute Gasteiger partial charge is 0.286 e. The zero-order chi connectivity index (χ0) is 19.6. The largest absolute Gasteiger partial charge is 0.497 e. The number of ketones is 1. The Morgan fingerprint density at radius 2 is 2.07 bits per heavy atom. The molecule has 0 aliphatic carbocycles. The van der Waals surface area contributed by atoms with Crippen LogP contribution in [0, 0.1) is 3.57 Å². The zero-order valence-electron chi connectivity index (χ0n) is 14.3. The van der Waals surface area contributed by atoms with Crippen LogP contribution >= 0.6 is 22.6 Å². The number of fused-ring (bicyclic) bond motifs is 1. The number of carbonyl (C=O) groups excluding carboxylic acids is 1. The van der Waals surface area contributed by atoms with Crippen molar-refractivity contribution in [3.63, 3.8) is 0 Å². The second-order valence-corrected chi connectivity index (χ2v) is 8.75. The van der Waals surface area contributed by atoms with E-state index in [1.807, 2.05) is 22.6 Å². The minimum absolute atomic E-state index is 0.0439. The maximum absolute atomic E-state index is 12.4. The van der Waals surface area contributed by atoms with Crippen molar-refractivity contribution in [1.29, 1.82) is 0 Å². The molecule has 0 saturated carbocycles. The molecular weight excluding hydrogens is 483 g/mol. The number of anilines is 1. The lowest BCUT2D eigenvalue weighted by molar-refractivity contribution is -0.113. The normalized spacial score (nSPS) is 15.9. The van der Waals surface area contributed by atoms with E-state index in [1.165, 1.54) is 13.2 Å². The lowest BCUT2D eigenvalue weighted by Gasteiger charge is -2.18. The summed E-state index contributed by atoms with van der Waals surface area (Å²) >= 11 is 2.01. The summed E-state index contributed by atoms with van der Waals surface area (Å²) in [4.78, 5) is 12.5. The van der Waals surface area contributed by atoms with E-state index >= 15 is 0 Å². The van der Waals surface area contributed by atoms with Crippen molar-refractivity contribution in [2.45, 2.75) is 23.8 Å². The summed E-state index contributed by atoms with van der Waals surface area (Å²) in [7, 11) is -2.41. The van der Waals surface area contributed by atoms with Crippen LogP contribution < -0.4 is 10.1 Å². The van der Waals surface area contributed by atoms with Crippen molar-refractivity contribution >= 4 is 49.9 Å². The van der Waals surface area contributed by atoms with E-state index in [2.05, 4.69) is 9.71 Å². The van der Waals surface area contributed by atoms with Gasteiger partial charge in [0.15, 0.2) is 11.6 Å². The van der Waals surface area contributed by atoms with Gasteiger partial charge in [-0.25, -0.2) is 0 Å². The molecule has 1 aliphatic rings. The summed E-state index contributed by atoms with van der Waals surface area (Å²) in [6.45, 7) is 0. The number of aliphatic hydroxyl groups is 1. The van der Waals surface area contributed by atoms with E-state index in [0.717, 1.165) is 3.57 Å². The molecule has 1 unspecified atom stereocenters. The molecule has 1 aliphatic heterocycles. The summed E-state index contributed by atoms with van der Waals surface area (Å²) in [5.41, 5.74) is 0.940. The van der Waals surface area contributed by atoms with Gasteiger partial charge in [0.05, 0.1) is 18.9 Å². The van der Waals surface area contributed by atoms with Crippen LogP contribution in [0.5, 0.6) is 5.75 Å². The molecule has 7 nitrogen and oxygen atoms in total. The quantitative estimate of drug-likeness (QED) is 0.592. The van der Waals surface area contributed by atoms with Crippen molar-refractivity contribution in [2.75, 3.05) is 12.4 Å². The number of hydrogen-bond donors (Lipinski definition) is 2. The number of rotatable bonds is 6. The van der Waals surface area contributed by atoms with Crippen LogP contribution in [-0.4, -0.2) is 32.3 Å². The van der Waals surface area contributed by atoms with Crippen LogP contribution in [0.1, 0.15) is 24.5 Å². The van der Waals surface area contributed by atoms with Crippen molar-refractivity contribution < 1.29 is 23.1 Å². The second kappa shape index (κ2) is 7.95. The van der Waals surface area contributed by atoms with Crippen LogP contribution in [0.3, 0.4) is 0 Å². The van der Waals surface area contributed by atoms with Gasteiger partial charge in [0, 0.05) is 9.99 Å². The van der Waals surface area contributed by atoms with Gasteiger partial charge in [-0.3, -0.25) is 4.79 Å². The van der Waals surface area contributed by atoms with E-state index in [1.54, 1.807) is 36.4 Å². The molecule has 2 aromatic rings. The summed E-state index contributed by atoms with van der Waals surface area (Å²) in [5, 5.41) is 13.1. The summed E-state index contributed by atoms with van der Waals surface area (Å²) in [6.07, 6.45) is -0.801. The average Bonchev–Trinajstić information content (AvgIpc) is 2.65. The fraction of sp³-hybridized carbons (Fsp3) is 0.222. The Morgan fingerprint density at radius 1 is 1.30 bits per heavy atom. The van der Waals surface area contributed by atoms with Crippen molar-refractivity contribution in [3.8, 4) is 5.75 Å². The van der Waals surface area contributed by atoms with E-state index in [4.69, 9.17) is 4.74 Å². The number of nitrogens with one attached hydrogen (secondary N) is 1. The molecule has 0 aromatic heterocycles. The van der Waals surface area contributed by atoms with Crippen LogP contribution in [0.4, 0.5) is 5.69 Å². The summed E-state index contributed by atoms with van der Waals surface area (Å²) in [6, 6.07) is 11.8. The molecule has 1 heterocycles. The Hall–Kier alpha value is -1.98. The summed E-state index contributed by atoms with van der Waals surface area (Å²) < 4.78 is 34.1. The number of methoxy groups -OCH3 is 1. The first-order valence-electron chi connectivity index (χ1n) is 8.07. The molecule has 0 amide bonds. The topological polar surface area (TPSA) is 105 Å². The fourth-order valence-corrected chi connectivity index (χ4v) is 4.52. The molecular formula is C18H17IN2O5S. The number of aliphatic hydroxyl groups excluding tert-OH is 1. The van der Waals surface area contributed by atoms with E-state index < -0.39 is 21.9 Å². The number of sulfonamides is 1. The number of nitrogens with zero attached hydrogens (tertiary/aromatic N) is 1. The maximum atomic E-state index is 12.4. The molecule has 3 rings (SSSR count). The van der Waals surface area contributed by atoms with Crippen molar-refractivity contribution in [3.05, 3.63) is 51.6 Å². The molecule has 0 spiro atoms. The molecule has 0 bridgehead atoms. The Balaban J connectivity index is 1.71. The Kier molecular flexibility index (Phi) is 5.82. The average molecular weight is 500 g/mol. The number of carbonyl (C=O) groups is 1. The monoisotopic (exact) mass is 500 g/mol. The van der Waals surface area contributed by atoms with E-state index in [9.17, 15) is 18.3 Å². The van der Waals surface area contributed by atoms with Gasteiger partial charge in [-0.15, -0.1) is 4.40 Å². The van der Waals surface area contributed by atoms with Crippen molar-refractivity contribution in [1.82, 2.24) is 0 Å². The van der Waals surface area contributed by atoms with Crippen molar-refractivity contribution in [2.24, 2.45) is 4.40 Å². The standard InChI is InChI=1S/C18H17IN2O5S/c1-26-13-4-2-3-11(9-13)15(22)7-8-16(23)18-20-14-6-5-12(19)10-17(14)27(24,25)21-18/h2-6,9-10,15,22H,7-8H2,1H3,(H,20,21). The molecule has 2 N–H and O–H groups in total. The highest BCUT2D eigenvalue weighted by molar-refractivity contribution is 14.1. The first-order valence-corrected chi connectivity index (χ1v) is 10.6. The highest BCUT2D eigenvalue weighted by Gasteiger charge is 2.28. The third-order valence-corrected chi connectivity index (χ3v) is 6.06. The Bertz CT molecular complexity index is 1020. The lowest BCUT2D eigenvalue weighted by atomic mass is 10.0. The third-order valence-electron chi connectivity index (χ3n) is 4.07. The maximum Gasteiger partial charge on any atom is 0.286 e. The predicted molar refractivity (Wildman–Crippen MR) is 110 cm³/mol. The number of benzene rings is 2. The van der Waals surface area contributed by atoms with Crippen LogP contribution in [0.2, 0.25) is 0 Å². The van der Waals surface area contributed by atoms with Gasteiger partial charge in [0.1, 0.15) is 10.6 Å². The van der Waals surface area contributed by atoms with Crippen LogP contribution in [-0.2, 0) is 14.8 Å². The molecule has 0 saturated heterocycles. The predicted octanol–water partition coefficient (Wildman–Crippen LogP) is 2.90. The Labute approximate surface area is 170 Å². The number of Topliss-reactive ketones (excluding diaryl/α,β-unsaturated/α-hetero) is 1. The molecule has 0 fully saturated rings. The SMILES string of the molecule is COc1cccc(C(O)CCC(=O)C2=NS(=O)(=O)c3cc(I)ccc3N2)c1. The molecule has 9 heteroatoms. The summed E-state index contributed by atoms with van der Waals surface area (Å²) in [5.74, 6) is -0.111. The first kappa shape index (κ1) is 19.8. The van der Waals surface area contributed by atoms with Gasteiger partial charge in [-0.05, 0) is 64.9 Å². The molecule has 1 atom stereocenters. The number of halogens is 1. The fourth-order valence-electron chi connectivity index (χ4n) is 2.65. The molecule has 2 aromatic carbocycles. The third kappa shape index (κ3) is 4.47. The number of amidine groups is 1. The van der Waals surface area contributed by atoms with Gasteiger partial charge in [-0.1, -0.05) is 12.1 Å². The van der Waals surface area contributed by atoms with Gasteiger partial charge in [-0.2, -0.15) is 8.42 Å². The van der Waals surface area contributed by atoms with E-state index in [0.29, 0.717) is 17.0 Å². The van der Waals surface area contributed by atoms with Gasteiger partial charge in [0.25, 0.3) is 10.0 Å². The van der Waals surface area contributed by atoms with Gasteiger partial charge < -0.3 is 15.2 Å². The molecule has 27 heavy (non-hydrogen) atoms. The van der Waals surface area contributed by atoms with E-state index in [-0.39, 0.29) is 23.6 Å². The minimum atomic E-state index is -3.94. The first-order chi connectivity index (χ1) is 12.8. The lowest BCUT2D eigenvalue weighted by Crippen LogP contribution is -2.29. The number of hydrogen-bond acceptors (Lipinski definition) is 6. The highest BCUT2D eigenvalue weighted by atomic mass is 127.